The highest BCUT2D eigenvalue weighted by Gasteiger charge is 2.31. The summed E-state index contributed by atoms with van der Waals surface area (Å²) >= 11 is 0. The van der Waals surface area contributed by atoms with Crippen LogP contribution >= 0.6 is 0 Å². The molecule has 0 aromatic rings. The van der Waals surface area contributed by atoms with Crippen LogP contribution in [0.2, 0.25) is 0 Å². The molecule has 0 amide bonds. The average molecular weight is 386 g/mol. The third-order valence-corrected chi connectivity index (χ3v) is 2.68. The summed E-state index contributed by atoms with van der Waals surface area (Å²) in [5.41, 5.74) is -2.14. The molecule has 0 unspecified atom stereocenters. The van der Waals surface area contributed by atoms with E-state index in [1.54, 1.807) is 0 Å². The molecule has 9 heteroatoms. The summed E-state index contributed by atoms with van der Waals surface area (Å²) < 4.78 is 24.0. The number of carbonyl (C=O) groups is 4. The van der Waals surface area contributed by atoms with E-state index in [4.69, 9.17) is 18.9 Å². The van der Waals surface area contributed by atoms with Gasteiger partial charge in [0.1, 0.15) is 24.4 Å². The molecule has 0 fully saturated rings. The third kappa shape index (κ3) is 10.7. The lowest BCUT2D eigenvalue weighted by Gasteiger charge is -2.25. The summed E-state index contributed by atoms with van der Waals surface area (Å²) in [6.45, 7) is 15.0. The molecule has 0 radical (unpaired) electrons. The van der Waals surface area contributed by atoms with Gasteiger partial charge in [-0.2, -0.15) is 0 Å². The van der Waals surface area contributed by atoms with Crippen molar-refractivity contribution in [1.29, 1.82) is 0 Å². The molecule has 0 aromatic carbocycles. The normalized spacial score (nSPS) is 11.0. The van der Waals surface area contributed by atoms with Gasteiger partial charge in [0.05, 0.1) is 0 Å². The average Bonchev–Trinajstić information content (AvgIpc) is 2.48. The number of carbonyl (C=O) groups excluding carboxylic acids is 4. The fourth-order valence-electron chi connectivity index (χ4n) is 1.34. The second-order valence-corrected chi connectivity index (χ2v) is 7.04. The highest BCUT2D eigenvalue weighted by atomic mass is 16.8. The molecule has 0 atom stereocenters. The van der Waals surface area contributed by atoms with E-state index in [0.717, 1.165) is 0 Å². The number of esters is 2. The van der Waals surface area contributed by atoms with Crippen molar-refractivity contribution in [3.63, 3.8) is 0 Å². The van der Waals surface area contributed by atoms with Crippen LogP contribution < -0.4 is 0 Å². The highest BCUT2D eigenvalue weighted by Crippen LogP contribution is 2.15. The Morgan fingerprint density at radius 2 is 1.00 bits per heavy atom. The van der Waals surface area contributed by atoms with Crippen LogP contribution in [0.1, 0.15) is 41.5 Å². The van der Waals surface area contributed by atoms with Gasteiger partial charge in [-0.25, -0.2) is 19.2 Å². The maximum atomic E-state index is 11.7. The van der Waals surface area contributed by atoms with Gasteiger partial charge < -0.3 is 23.7 Å². The molecule has 9 nitrogen and oxygen atoms in total. The zero-order chi connectivity index (χ0) is 21.4. The number of ether oxygens (including phenoxy) is 5. The summed E-state index contributed by atoms with van der Waals surface area (Å²) in [7, 11) is 0. The molecule has 0 aliphatic carbocycles. The summed E-state index contributed by atoms with van der Waals surface area (Å²) in [6.07, 6.45) is -2.68. The molecule has 0 spiro atoms. The van der Waals surface area contributed by atoms with Crippen LogP contribution in [0.15, 0.2) is 24.3 Å². The van der Waals surface area contributed by atoms with Gasteiger partial charge >= 0.3 is 24.2 Å². The Morgan fingerprint density at radius 3 is 1.26 bits per heavy atom. The summed E-state index contributed by atoms with van der Waals surface area (Å²) in [6, 6.07) is 0. The van der Waals surface area contributed by atoms with Gasteiger partial charge in [0.15, 0.2) is 0 Å². The first-order valence-corrected chi connectivity index (χ1v) is 7.94. The summed E-state index contributed by atoms with van der Waals surface area (Å²) in [5.74, 6) is -1.30. The molecule has 0 aromatic heterocycles. The maximum absolute atomic E-state index is 11.7. The van der Waals surface area contributed by atoms with E-state index < -0.39 is 35.5 Å². The van der Waals surface area contributed by atoms with E-state index in [1.807, 2.05) is 0 Å². The van der Waals surface area contributed by atoms with Crippen LogP contribution in [0.4, 0.5) is 9.59 Å². The van der Waals surface area contributed by atoms with Crippen molar-refractivity contribution in [2.45, 2.75) is 52.7 Å². The van der Waals surface area contributed by atoms with Crippen molar-refractivity contribution in [2.24, 2.45) is 0 Å². The van der Waals surface area contributed by atoms with Crippen molar-refractivity contribution < 1.29 is 42.9 Å². The fraction of sp³-hybridized carbons (Fsp3) is 0.556. The van der Waals surface area contributed by atoms with Crippen LogP contribution in [0, 0.1) is 0 Å². The molecule has 0 aliphatic rings. The fourth-order valence-corrected chi connectivity index (χ4v) is 1.34. The minimum atomic E-state index is -1.34. The SMILES string of the molecule is C=C(C)C(=O)OCC(C)(C)OC(=O)OC(=O)OC(C)(C)COC(=O)C(=C)C. The molecule has 152 valence electrons. The van der Waals surface area contributed by atoms with E-state index in [-0.39, 0.29) is 24.4 Å². The lowest BCUT2D eigenvalue weighted by atomic mass is 10.1. The lowest BCUT2D eigenvalue weighted by Crippen LogP contribution is -2.38. The second kappa shape index (κ2) is 9.75. The Hall–Kier alpha value is -2.84. The zero-order valence-corrected chi connectivity index (χ0v) is 16.5. The quantitative estimate of drug-likeness (QED) is 0.268. The van der Waals surface area contributed by atoms with Gasteiger partial charge in [0.2, 0.25) is 0 Å². The third-order valence-electron chi connectivity index (χ3n) is 2.68. The lowest BCUT2D eigenvalue weighted by molar-refractivity contribution is -0.147. The van der Waals surface area contributed by atoms with Crippen LogP contribution in [-0.2, 0) is 33.3 Å². The Labute approximate surface area is 158 Å². The van der Waals surface area contributed by atoms with E-state index >= 15 is 0 Å². The molecular weight excluding hydrogens is 360 g/mol. The maximum Gasteiger partial charge on any atom is 0.519 e. The van der Waals surface area contributed by atoms with Gasteiger partial charge in [-0.05, 0) is 41.5 Å². The van der Waals surface area contributed by atoms with Gasteiger partial charge in [-0.15, -0.1) is 0 Å². The first-order valence-electron chi connectivity index (χ1n) is 7.94. The molecule has 27 heavy (non-hydrogen) atoms. The molecule has 0 bridgehead atoms. The molecule has 0 heterocycles. The molecular formula is C18H26O9. The van der Waals surface area contributed by atoms with Gasteiger partial charge in [-0.1, -0.05) is 13.2 Å². The van der Waals surface area contributed by atoms with Gasteiger partial charge in [-0.3, -0.25) is 0 Å². The van der Waals surface area contributed by atoms with E-state index in [9.17, 15) is 19.2 Å². The van der Waals surface area contributed by atoms with Crippen LogP contribution in [0.5, 0.6) is 0 Å². The highest BCUT2D eigenvalue weighted by molar-refractivity contribution is 5.87. The molecule has 0 rings (SSSR count). The molecule has 0 saturated heterocycles. The van der Waals surface area contributed by atoms with Crippen LogP contribution in [-0.4, -0.2) is 48.7 Å². The largest absolute Gasteiger partial charge is 0.519 e. The van der Waals surface area contributed by atoms with Crippen LogP contribution in [0.3, 0.4) is 0 Å². The summed E-state index contributed by atoms with van der Waals surface area (Å²) in [4.78, 5) is 46.1. The minimum absolute atomic E-state index is 0.187. The van der Waals surface area contributed by atoms with Gasteiger partial charge in [0.25, 0.3) is 0 Å². The Kier molecular flexibility index (Phi) is 8.72. The first kappa shape index (κ1) is 24.2. The number of rotatable bonds is 8. The Balaban J connectivity index is 4.49. The van der Waals surface area contributed by atoms with Gasteiger partial charge in [0, 0.05) is 11.1 Å². The number of hydrogen-bond donors (Lipinski definition) is 0. The van der Waals surface area contributed by atoms with Crippen molar-refractivity contribution >= 4 is 24.2 Å². The first-order chi connectivity index (χ1) is 12.1. The monoisotopic (exact) mass is 386 g/mol. The topological polar surface area (TPSA) is 114 Å². The predicted molar refractivity (Wildman–Crippen MR) is 93.8 cm³/mol. The van der Waals surface area contributed by atoms with Crippen LogP contribution in [0.25, 0.3) is 0 Å². The van der Waals surface area contributed by atoms with Crippen molar-refractivity contribution in [2.75, 3.05) is 13.2 Å². The van der Waals surface area contributed by atoms with E-state index in [0.29, 0.717) is 0 Å². The Bertz CT molecular complexity index is 575. The van der Waals surface area contributed by atoms with E-state index in [2.05, 4.69) is 17.9 Å². The Morgan fingerprint density at radius 1 is 0.704 bits per heavy atom. The summed E-state index contributed by atoms with van der Waals surface area (Å²) in [5, 5.41) is 0. The smallest absolute Gasteiger partial charge is 0.458 e. The van der Waals surface area contributed by atoms with Crippen molar-refractivity contribution in [1.82, 2.24) is 0 Å². The zero-order valence-electron chi connectivity index (χ0n) is 16.5. The number of hydrogen-bond acceptors (Lipinski definition) is 9. The predicted octanol–water partition coefficient (Wildman–Crippen LogP) is 3.07. The molecule has 0 N–H and O–H groups in total. The minimum Gasteiger partial charge on any atom is -0.458 e. The molecule has 0 aliphatic heterocycles. The van der Waals surface area contributed by atoms with Crippen molar-refractivity contribution in [3.05, 3.63) is 24.3 Å². The second-order valence-electron chi connectivity index (χ2n) is 7.04. The van der Waals surface area contributed by atoms with E-state index in [1.165, 1.54) is 41.5 Å². The standard InChI is InChI=1S/C18H26O9/c1-11(2)13(19)23-9-17(5,6)26-15(21)25-16(22)27-18(7,8)10-24-14(20)12(3)4/h1,3,9-10H2,2,4-8H3. The molecule has 0 saturated carbocycles. The van der Waals surface area contributed by atoms with Crippen molar-refractivity contribution in [3.8, 4) is 0 Å².